The second-order valence-electron chi connectivity index (χ2n) is 7.40. The van der Waals surface area contributed by atoms with Crippen LogP contribution < -0.4 is 17.0 Å². The van der Waals surface area contributed by atoms with Gasteiger partial charge >= 0.3 is 5.97 Å². The fourth-order valence-corrected chi connectivity index (χ4v) is 3.72. The van der Waals surface area contributed by atoms with Crippen LogP contribution in [0.2, 0.25) is 0 Å². The number of carbonyl (C=O) groups excluding carboxylic acids is 1. The van der Waals surface area contributed by atoms with E-state index in [4.69, 9.17) is 4.74 Å². The van der Waals surface area contributed by atoms with E-state index in [9.17, 15) is 9.90 Å². The predicted molar refractivity (Wildman–Crippen MR) is 88.5 cm³/mol. The first-order valence-electron chi connectivity index (χ1n) is 8.39. The molecule has 1 aliphatic heterocycles. The van der Waals surface area contributed by atoms with Crippen LogP contribution in [0.3, 0.4) is 0 Å². The van der Waals surface area contributed by atoms with E-state index in [0.29, 0.717) is 5.56 Å². The van der Waals surface area contributed by atoms with Gasteiger partial charge in [-0.3, -0.25) is 0 Å². The number of hydrogen-bond donors (Lipinski definition) is 1. The number of carbonyl (C=O) groups is 1. The van der Waals surface area contributed by atoms with Crippen molar-refractivity contribution in [3.05, 3.63) is 48.0 Å². The smallest absolute Gasteiger partial charge is 0.343 e. The molecule has 3 atom stereocenters. The van der Waals surface area contributed by atoms with Crippen molar-refractivity contribution in [2.24, 2.45) is 5.92 Å². The number of hydrogen-bond acceptors (Lipinski definition) is 3. The van der Waals surface area contributed by atoms with E-state index >= 15 is 0 Å². The Labute approximate surface area is 154 Å². The zero-order valence-corrected chi connectivity index (χ0v) is 15.9. The molecule has 1 saturated heterocycles. The number of halogens is 1. The molecule has 3 rings (SSSR count). The molecule has 1 fully saturated rings. The van der Waals surface area contributed by atoms with E-state index in [1.807, 2.05) is 42.5 Å². The predicted octanol–water partition coefficient (Wildman–Crippen LogP) is -0.764. The molecule has 3 unspecified atom stereocenters. The Hall–Kier alpha value is -1.17. The Kier molecular flexibility index (Phi) is 5.89. The van der Waals surface area contributed by atoms with Crippen LogP contribution in [-0.4, -0.2) is 48.8 Å². The van der Waals surface area contributed by atoms with Crippen LogP contribution in [0.4, 0.5) is 0 Å². The Morgan fingerprint density at radius 3 is 2.50 bits per heavy atom. The third-order valence-corrected chi connectivity index (χ3v) is 5.10. The zero-order valence-electron chi connectivity index (χ0n) is 14.3. The van der Waals surface area contributed by atoms with Gasteiger partial charge in [0.15, 0.2) is 11.7 Å². The van der Waals surface area contributed by atoms with E-state index in [1.165, 1.54) is 0 Å². The molecule has 1 N–H and O–H groups in total. The number of allylic oxidation sites excluding steroid dienone is 1. The average Bonchev–Trinajstić information content (AvgIpc) is 3.17. The minimum Gasteiger partial charge on any atom is -1.00 e. The van der Waals surface area contributed by atoms with Crippen molar-refractivity contribution < 1.29 is 36.1 Å². The summed E-state index contributed by atoms with van der Waals surface area (Å²) in [5, 5.41) is 11.3. The van der Waals surface area contributed by atoms with Crippen molar-refractivity contribution in [2.45, 2.75) is 31.0 Å². The molecule has 24 heavy (non-hydrogen) atoms. The van der Waals surface area contributed by atoms with Gasteiger partial charge in [-0.15, -0.1) is 0 Å². The molecule has 4 nitrogen and oxygen atoms in total. The number of likely N-dealkylation sites (N-methyl/N-ethyl adjacent to an activating group) is 1. The molecule has 1 aromatic carbocycles. The highest BCUT2D eigenvalue weighted by atomic mass is 79.9. The summed E-state index contributed by atoms with van der Waals surface area (Å²) < 4.78 is 6.59. The highest BCUT2D eigenvalue weighted by Crippen LogP contribution is 2.38. The zero-order chi connectivity index (χ0) is 16.5. The van der Waals surface area contributed by atoms with Crippen LogP contribution in [0, 0.1) is 5.92 Å². The van der Waals surface area contributed by atoms with E-state index in [2.05, 4.69) is 14.1 Å². The Balaban J connectivity index is 0.00000208. The molecule has 5 heteroatoms. The summed E-state index contributed by atoms with van der Waals surface area (Å²) in [7, 11) is 4.27. The first kappa shape index (κ1) is 19.2. The van der Waals surface area contributed by atoms with Crippen molar-refractivity contribution in [1.29, 1.82) is 0 Å². The molecule has 1 aromatic rings. The summed E-state index contributed by atoms with van der Waals surface area (Å²) in [5.41, 5.74) is -0.970. The Bertz CT molecular complexity index is 602. The van der Waals surface area contributed by atoms with Gasteiger partial charge in [0.2, 0.25) is 0 Å². The standard InChI is InChI=1S/C19H26NO3.BrH/c1-20(2)13-12-17(14-20)23-18(21)19(22,16-10-6-7-11-16)15-8-4-3-5-9-15;/h3-6,8-10,16-17,22H,7,11-14H2,1-2H3;1H/q+1;/p-1. The quantitative estimate of drug-likeness (QED) is 0.414. The number of esters is 1. The van der Waals surface area contributed by atoms with Crippen molar-refractivity contribution in [2.75, 3.05) is 27.2 Å². The van der Waals surface area contributed by atoms with Crippen LogP contribution in [-0.2, 0) is 15.1 Å². The molecular formula is C19H26BrNO3. The fraction of sp³-hybridized carbons (Fsp3) is 0.526. The van der Waals surface area contributed by atoms with Gasteiger partial charge in [-0.1, -0.05) is 42.5 Å². The second kappa shape index (κ2) is 7.38. The van der Waals surface area contributed by atoms with Gasteiger partial charge in [0.05, 0.1) is 20.6 Å². The minimum absolute atomic E-state index is 0. The van der Waals surface area contributed by atoms with Crippen molar-refractivity contribution >= 4 is 5.97 Å². The molecule has 0 spiro atoms. The summed E-state index contributed by atoms with van der Waals surface area (Å²) in [6.45, 7) is 1.79. The lowest BCUT2D eigenvalue weighted by atomic mass is 9.81. The monoisotopic (exact) mass is 395 g/mol. The first-order valence-corrected chi connectivity index (χ1v) is 8.39. The number of rotatable bonds is 4. The Morgan fingerprint density at radius 1 is 1.25 bits per heavy atom. The molecule has 2 aliphatic rings. The topological polar surface area (TPSA) is 46.5 Å². The summed E-state index contributed by atoms with van der Waals surface area (Å²) >= 11 is 0. The third-order valence-electron chi connectivity index (χ3n) is 5.10. The third kappa shape index (κ3) is 3.73. The number of aliphatic hydroxyl groups is 1. The van der Waals surface area contributed by atoms with E-state index in [1.54, 1.807) is 0 Å². The molecule has 132 valence electrons. The maximum Gasteiger partial charge on any atom is 0.343 e. The maximum absolute atomic E-state index is 12.9. The lowest BCUT2D eigenvalue weighted by Gasteiger charge is -2.32. The highest BCUT2D eigenvalue weighted by Gasteiger charge is 2.48. The van der Waals surface area contributed by atoms with Crippen molar-refractivity contribution in [3.8, 4) is 0 Å². The van der Waals surface area contributed by atoms with Gasteiger partial charge < -0.3 is 31.3 Å². The van der Waals surface area contributed by atoms with Gasteiger partial charge in [0.25, 0.3) is 0 Å². The number of benzene rings is 1. The van der Waals surface area contributed by atoms with Crippen LogP contribution in [0.15, 0.2) is 42.5 Å². The lowest BCUT2D eigenvalue weighted by Crippen LogP contribution is -3.00. The normalized spacial score (nSPS) is 27.3. The Morgan fingerprint density at radius 2 is 1.96 bits per heavy atom. The molecule has 1 heterocycles. The van der Waals surface area contributed by atoms with Crippen LogP contribution in [0.5, 0.6) is 0 Å². The van der Waals surface area contributed by atoms with Gasteiger partial charge in [0, 0.05) is 12.3 Å². The van der Waals surface area contributed by atoms with Crippen LogP contribution in [0.1, 0.15) is 24.8 Å². The van der Waals surface area contributed by atoms with Crippen LogP contribution >= 0.6 is 0 Å². The van der Waals surface area contributed by atoms with Gasteiger partial charge in [0.1, 0.15) is 6.54 Å². The maximum atomic E-state index is 12.9. The molecule has 0 aromatic heterocycles. The number of nitrogens with zero attached hydrogens (tertiary/aromatic N) is 1. The molecule has 0 bridgehead atoms. The second-order valence-corrected chi connectivity index (χ2v) is 7.40. The molecule has 0 amide bonds. The van der Waals surface area contributed by atoms with E-state index in [0.717, 1.165) is 36.8 Å². The van der Waals surface area contributed by atoms with Crippen molar-refractivity contribution in [1.82, 2.24) is 0 Å². The summed E-state index contributed by atoms with van der Waals surface area (Å²) in [4.78, 5) is 12.9. The van der Waals surface area contributed by atoms with Gasteiger partial charge in [-0.2, -0.15) is 0 Å². The highest BCUT2D eigenvalue weighted by molar-refractivity contribution is 5.82. The summed E-state index contributed by atoms with van der Waals surface area (Å²) in [6.07, 6.45) is 6.37. The van der Waals surface area contributed by atoms with E-state index < -0.39 is 11.6 Å². The number of ether oxygens (including phenoxy) is 1. The molecular weight excluding hydrogens is 370 g/mol. The number of likely N-dealkylation sites (tertiary alicyclic amines) is 1. The molecule has 0 saturated carbocycles. The van der Waals surface area contributed by atoms with E-state index in [-0.39, 0.29) is 29.0 Å². The molecule has 0 radical (unpaired) electrons. The average molecular weight is 396 g/mol. The SMILES string of the molecule is C[N+]1(C)CCC(OC(=O)C(O)(c2ccccc2)C2C=CCC2)C1.[Br-]. The van der Waals surface area contributed by atoms with Crippen LogP contribution in [0.25, 0.3) is 0 Å². The van der Waals surface area contributed by atoms with Gasteiger partial charge in [-0.05, 0) is 18.4 Å². The lowest BCUT2D eigenvalue weighted by molar-refractivity contribution is -0.879. The summed E-state index contributed by atoms with van der Waals surface area (Å²) in [6, 6.07) is 9.20. The first-order chi connectivity index (χ1) is 10.9. The summed E-state index contributed by atoms with van der Waals surface area (Å²) in [5.74, 6) is -0.728. The molecule has 1 aliphatic carbocycles. The largest absolute Gasteiger partial charge is 1.00 e. The van der Waals surface area contributed by atoms with Gasteiger partial charge in [-0.25, -0.2) is 4.79 Å². The number of quaternary nitrogens is 1. The fourth-order valence-electron chi connectivity index (χ4n) is 3.72. The van der Waals surface area contributed by atoms with Crippen molar-refractivity contribution in [3.63, 3.8) is 0 Å². The minimum atomic E-state index is -1.59.